The Morgan fingerprint density at radius 3 is 3.05 bits per heavy atom. The molecule has 0 unspecified atom stereocenters. The quantitative estimate of drug-likeness (QED) is 0.777. The first-order valence-corrected chi connectivity index (χ1v) is 7.05. The average molecular weight is 286 g/mol. The molecule has 0 N–H and O–H groups in total. The van der Waals surface area contributed by atoms with E-state index in [4.69, 9.17) is 16.3 Å². The van der Waals surface area contributed by atoms with Gasteiger partial charge >= 0.3 is 0 Å². The van der Waals surface area contributed by atoms with Gasteiger partial charge in [0.05, 0.1) is 11.6 Å². The standard InChI is InChI=1S/C13H20ClN3O2/c1-3-6-19-9-10-4-5-17(7-10)13(18)12-11(14)8-16(2)15-12/h8,10H,3-7,9H2,1-2H3/t10-/m1/s1. The summed E-state index contributed by atoms with van der Waals surface area (Å²) in [4.78, 5) is 14.1. The molecule has 1 atom stereocenters. The largest absolute Gasteiger partial charge is 0.381 e. The third-order valence-corrected chi connectivity index (χ3v) is 3.54. The Morgan fingerprint density at radius 1 is 1.63 bits per heavy atom. The Balaban J connectivity index is 1.90. The van der Waals surface area contributed by atoms with E-state index in [-0.39, 0.29) is 5.91 Å². The van der Waals surface area contributed by atoms with Gasteiger partial charge in [0.25, 0.3) is 5.91 Å². The number of likely N-dealkylation sites (tertiary alicyclic amines) is 1. The van der Waals surface area contributed by atoms with Crippen molar-refractivity contribution in [2.45, 2.75) is 19.8 Å². The van der Waals surface area contributed by atoms with Crippen LogP contribution in [0.25, 0.3) is 0 Å². The molecule has 1 fully saturated rings. The smallest absolute Gasteiger partial charge is 0.275 e. The summed E-state index contributed by atoms with van der Waals surface area (Å²) in [7, 11) is 1.76. The van der Waals surface area contributed by atoms with Gasteiger partial charge in [0.2, 0.25) is 0 Å². The fourth-order valence-corrected chi connectivity index (χ4v) is 2.56. The zero-order chi connectivity index (χ0) is 13.8. The molecule has 0 saturated carbocycles. The van der Waals surface area contributed by atoms with Gasteiger partial charge in [-0.3, -0.25) is 9.48 Å². The van der Waals surface area contributed by atoms with E-state index in [9.17, 15) is 4.79 Å². The molecule has 0 bridgehead atoms. The molecule has 1 aliphatic heterocycles. The van der Waals surface area contributed by atoms with E-state index >= 15 is 0 Å². The van der Waals surface area contributed by atoms with Crippen LogP contribution in [0.4, 0.5) is 0 Å². The van der Waals surface area contributed by atoms with E-state index in [1.807, 2.05) is 4.90 Å². The molecule has 106 valence electrons. The van der Waals surface area contributed by atoms with Crippen molar-refractivity contribution in [1.82, 2.24) is 14.7 Å². The van der Waals surface area contributed by atoms with Gasteiger partial charge in [-0.1, -0.05) is 18.5 Å². The zero-order valence-corrected chi connectivity index (χ0v) is 12.2. The molecule has 2 heterocycles. The fourth-order valence-electron chi connectivity index (χ4n) is 2.30. The average Bonchev–Trinajstić information content (AvgIpc) is 2.96. The molecule has 1 saturated heterocycles. The topological polar surface area (TPSA) is 47.4 Å². The highest BCUT2D eigenvalue weighted by molar-refractivity contribution is 6.33. The number of ether oxygens (including phenoxy) is 1. The molecule has 19 heavy (non-hydrogen) atoms. The highest BCUT2D eigenvalue weighted by Crippen LogP contribution is 2.21. The summed E-state index contributed by atoms with van der Waals surface area (Å²) in [6.07, 6.45) is 3.66. The maximum absolute atomic E-state index is 12.3. The third kappa shape index (κ3) is 3.48. The highest BCUT2D eigenvalue weighted by Gasteiger charge is 2.29. The second-order valence-corrected chi connectivity index (χ2v) is 5.39. The second kappa shape index (κ2) is 6.39. The number of carbonyl (C=O) groups is 1. The van der Waals surface area contributed by atoms with Crippen molar-refractivity contribution >= 4 is 17.5 Å². The number of aryl methyl sites for hydroxylation is 1. The van der Waals surface area contributed by atoms with Crippen LogP contribution in [0, 0.1) is 5.92 Å². The van der Waals surface area contributed by atoms with Gasteiger partial charge in [0, 0.05) is 38.9 Å². The van der Waals surface area contributed by atoms with E-state index < -0.39 is 0 Å². The Bertz CT molecular complexity index is 447. The lowest BCUT2D eigenvalue weighted by molar-refractivity contribution is 0.0748. The molecule has 0 aromatic carbocycles. The second-order valence-electron chi connectivity index (χ2n) is 4.98. The number of amides is 1. The summed E-state index contributed by atoms with van der Waals surface area (Å²) in [5.74, 6) is 0.349. The lowest BCUT2D eigenvalue weighted by Crippen LogP contribution is -2.30. The number of hydrogen-bond donors (Lipinski definition) is 0. The minimum absolute atomic E-state index is 0.0800. The molecule has 0 spiro atoms. The van der Waals surface area contributed by atoms with Crippen LogP contribution < -0.4 is 0 Å². The number of hydrogen-bond acceptors (Lipinski definition) is 3. The minimum Gasteiger partial charge on any atom is -0.381 e. The van der Waals surface area contributed by atoms with Crippen LogP contribution in [0.2, 0.25) is 5.02 Å². The van der Waals surface area contributed by atoms with Crippen LogP contribution >= 0.6 is 11.6 Å². The number of rotatable bonds is 5. The molecular formula is C13H20ClN3O2. The SMILES string of the molecule is CCCOC[C@@H]1CCN(C(=O)c2nn(C)cc2Cl)C1. The Labute approximate surface area is 118 Å². The van der Waals surface area contributed by atoms with E-state index in [0.29, 0.717) is 16.6 Å². The first-order chi connectivity index (χ1) is 9.11. The van der Waals surface area contributed by atoms with Crippen LogP contribution in [0.3, 0.4) is 0 Å². The van der Waals surface area contributed by atoms with Gasteiger partial charge in [-0.05, 0) is 12.8 Å². The number of halogens is 1. The summed E-state index contributed by atoms with van der Waals surface area (Å²) in [5, 5.41) is 4.53. The van der Waals surface area contributed by atoms with Gasteiger partial charge in [-0.2, -0.15) is 5.10 Å². The van der Waals surface area contributed by atoms with Crippen molar-refractivity contribution in [2.75, 3.05) is 26.3 Å². The van der Waals surface area contributed by atoms with Crippen molar-refractivity contribution in [3.05, 3.63) is 16.9 Å². The monoisotopic (exact) mass is 285 g/mol. The lowest BCUT2D eigenvalue weighted by Gasteiger charge is -2.15. The molecule has 2 rings (SSSR count). The molecule has 0 radical (unpaired) electrons. The molecular weight excluding hydrogens is 266 g/mol. The van der Waals surface area contributed by atoms with Gasteiger partial charge in [0.15, 0.2) is 5.69 Å². The van der Waals surface area contributed by atoms with Crippen molar-refractivity contribution in [3.8, 4) is 0 Å². The van der Waals surface area contributed by atoms with Gasteiger partial charge in [-0.25, -0.2) is 0 Å². The minimum atomic E-state index is -0.0800. The molecule has 5 nitrogen and oxygen atoms in total. The Kier molecular flexibility index (Phi) is 4.82. The molecule has 6 heteroatoms. The van der Waals surface area contributed by atoms with Crippen LogP contribution in [0.1, 0.15) is 30.3 Å². The van der Waals surface area contributed by atoms with Gasteiger partial charge < -0.3 is 9.64 Å². The van der Waals surface area contributed by atoms with E-state index in [2.05, 4.69) is 12.0 Å². The predicted molar refractivity (Wildman–Crippen MR) is 73.3 cm³/mol. The number of carbonyl (C=O) groups excluding carboxylic acids is 1. The van der Waals surface area contributed by atoms with Crippen molar-refractivity contribution < 1.29 is 9.53 Å². The first kappa shape index (κ1) is 14.3. The number of aromatic nitrogens is 2. The molecule has 0 aliphatic carbocycles. The summed E-state index contributed by atoms with van der Waals surface area (Å²) >= 11 is 6.00. The van der Waals surface area contributed by atoms with E-state index in [0.717, 1.165) is 39.1 Å². The third-order valence-electron chi connectivity index (χ3n) is 3.26. The normalized spacial score (nSPS) is 19.1. The van der Waals surface area contributed by atoms with Crippen LogP contribution in [-0.2, 0) is 11.8 Å². The van der Waals surface area contributed by atoms with E-state index in [1.165, 1.54) is 0 Å². The lowest BCUT2D eigenvalue weighted by atomic mass is 10.1. The van der Waals surface area contributed by atoms with Gasteiger partial charge in [0.1, 0.15) is 0 Å². The number of nitrogens with zero attached hydrogens (tertiary/aromatic N) is 3. The van der Waals surface area contributed by atoms with Crippen LogP contribution in [0.5, 0.6) is 0 Å². The van der Waals surface area contributed by atoms with Crippen molar-refractivity contribution in [1.29, 1.82) is 0 Å². The molecule has 1 aliphatic rings. The molecule has 1 amide bonds. The van der Waals surface area contributed by atoms with Gasteiger partial charge in [-0.15, -0.1) is 0 Å². The fraction of sp³-hybridized carbons (Fsp3) is 0.692. The maximum Gasteiger partial charge on any atom is 0.275 e. The van der Waals surface area contributed by atoms with E-state index in [1.54, 1.807) is 17.9 Å². The summed E-state index contributed by atoms with van der Waals surface area (Å²) in [6.45, 7) is 5.10. The molecule has 1 aromatic rings. The Morgan fingerprint density at radius 2 is 2.42 bits per heavy atom. The highest BCUT2D eigenvalue weighted by atomic mass is 35.5. The first-order valence-electron chi connectivity index (χ1n) is 6.68. The van der Waals surface area contributed by atoms with Crippen LogP contribution in [-0.4, -0.2) is 46.9 Å². The summed E-state index contributed by atoms with van der Waals surface area (Å²) < 4.78 is 7.11. The van der Waals surface area contributed by atoms with Crippen LogP contribution in [0.15, 0.2) is 6.20 Å². The van der Waals surface area contributed by atoms with Crippen molar-refractivity contribution in [2.24, 2.45) is 13.0 Å². The predicted octanol–water partition coefficient (Wildman–Crippen LogP) is 1.96. The maximum atomic E-state index is 12.3. The van der Waals surface area contributed by atoms with Crippen molar-refractivity contribution in [3.63, 3.8) is 0 Å². The summed E-state index contributed by atoms with van der Waals surface area (Å²) in [5.41, 5.74) is 0.347. The summed E-state index contributed by atoms with van der Waals surface area (Å²) in [6, 6.07) is 0. The zero-order valence-electron chi connectivity index (χ0n) is 11.4. The Hall–Kier alpha value is -1.07. The molecule has 1 aromatic heterocycles.